The smallest absolute Gasteiger partial charge is 0.310 e. The predicted molar refractivity (Wildman–Crippen MR) is 60.7 cm³/mol. The maximum Gasteiger partial charge on any atom is 0.310 e. The van der Waals surface area contributed by atoms with Gasteiger partial charge in [-0.3, -0.25) is 4.79 Å². The number of nitrogens with one attached hydrogen (secondary N) is 1. The average Bonchev–Trinajstić information content (AvgIpc) is 2.18. The Hall–Kier alpha value is -0.570. The van der Waals surface area contributed by atoms with Crippen LogP contribution in [0.2, 0.25) is 0 Å². The van der Waals surface area contributed by atoms with Crippen LogP contribution >= 0.6 is 0 Å². The van der Waals surface area contributed by atoms with E-state index in [2.05, 4.69) is 19.2 Å². The minimum absolute atomic E-state index is 0.0182. The highest BCUT2D eigenvalue weighted by atomic mass is 16.5. The predicted octanol–water partition coefficient (Wildman–Crippen LogP) is 2.11. The van der Waals surface area contributed by atoms with Crippen molar-refractivity contribution in [2.75, 3.05) is 6.61 Å². The molecular formula is C12H23NO2. The molecule has 2 atom stereocenters. The number of esters is 1. The first-order chi connectivity index (χ1) is 7.15. The van der Waals surface area contributed by atoms with Crippen LogP contribution < -0.4 is 5.32 Å². The Kier molecular flexibility index (Phi) is 5.09. The third-order valence-corrected chi connectivity index (χ3v) is 2.90. The van der Waals surface area contributed by atoms with Crippen molar-refractivity contribution in [3.63, 3.8) is 0 Å². The summed E-state index contributed by atoms with van der Waals surface area (Å²) in [6, 6.07) is 0.753. The number of hydrogen-bond donors (Lipinski definition) is 1. The molecule has 1 aliphatic carbocycles. The van der Waals surface area contributed by atoms with Gasteiger partial charge in [0, 0.05) is 12.1 Å². The third kappa shape index (κ3) is 3.82. The van der Waals surface area contributed by atoms with E-state index in [1.54, 1.807) is 0 Å². The van der Waals surface area contributed by atoms with Gasteiger partial charge < -0.3 is 10.1 Å². The Labute approximate surface area is 92.6 Å². The zero-order valence-electron chi connectivity index (χ0n) is 10.1. The molecule has 1 rings (SSSR count). The minimum Gasteiger partial charge on any atom is -0.466 e. The second kappa shape index (κ2) is 6.11. The fourth-order valence-electron chi connectivity index (χ4n) is 2.29. The Bertz CT molecular complexity index is 204. The lowest BCUT2D eigenvalue weighted by atomic mass is 9.84. The van der Waals surface area contributed by atoms with Crippen LogP contribution in [0.4, 0.5) is 0 Å². The number of rotatable bonds is 4. The molecule has 0 aromatic carbocycles. The molecule has 0 amide bonds. The summed E-state index contributed by atoms with van der Waals surface area (Å²) in [6.07, 6.45) is 4.45. The third-order valence-electron chi connectivity index (χ3n) is 2.90. The first-order valence-electron chi connectivity index (χ1n) is 6.07. The molecule has 0 spiro atoms. The van der Waals surface area contributed by atoms with Crippen LogP contribution in [0.15, 0.2) is 0 Å². The van der Waals surface area contributed by atoms with Crippen LogP contribution in [-0.4, -0.2) is 24.7 Å². The maximum absolute atomic E-state index is 11.7. The highest BCUT2D eigenvalue weighted by molar-refractivity contribution is 5.73. The van der Waals surface area contributed by atoms with Gasteiger partial charge in [0.05, 0.1) is 12.5 Å². The quantitative estimate of drug-likeness (QED) is 0.727. The molecule has 0 bridgehead atoms. The van der Waals surface area contributed by atoms with Crippen LogP contribution in [-0.2, 0) is 9.53 Å². The summed E-state index contributed by atoms with van der Waals surface area (Å²) in [5.41, 5.74) is 0. The Morgan fingerprint density at radius 2 is 2.07 bits per heavy atom. The van der Waals surface area contributed by atoms with Gasteiger partial charge in [-0.1, -0.05) is 26.7 Å². The van der Waals surface area contributed by atoms with Crippen molar-refractivity contribution >= 4 is 5.97 Å². The molecule has 3 nitrogen and oxygen atoms in total. The van der Waals surface area contributed by atoms with Crippen molar-refractivity contribution in [3.8, 4) is 0 Å². The van der Waals surface area contributed by atoms with Crippen molar-refractivity contribution < 1.29 is 9.53 Å². The SMILES string of the molecule is CCOC(=O)[C@@H]1CCCC[C@@H]1NC(C)C. The van der Waals surface area contributed by atoms with Gasteiger partial charge >= 0.3 is 5.97 Å². The Morgan fingerprint density at radius 3 is 2.67 bits per heavy atom. The Morgan fingerprint density at radius 1 is 1.40 bits per heavy atom. The molecule has 88 valence electrons. The van der Waals surface area contributed by atoms with E-state index in [0.29, 0.717) is 18.7 Å². The van der Waals surface area contributed by atoms with Gasteiger partial charge in [0.2, 0.25) is 0 Å². The van der Waals surface area contributed by atoms with Gasteiger partial charge in [-0.15, -0.1) is 0 Å². The van der Waals surface area contributed by atoms with Crippen molar-refractivity contribution in [3.05, 3.63) is 0 Å². The lowest BCUT2D eigenvalue weighted by Gasteiger charge is -2.32. The normalized spacial score (nSPS) is 26.7. The van der Waals surface area contributed by atoms with Gasteiger partial charge in [-0.05, 0) is 19.8 Å². The van der Waals surface area contributed by atoms with Gasteiger partial charge in [0.1, 0.15) is 0 Å². The van der Waals surface area contributed by atoms with E-state index in [-0.39, 0.29) is 11.9 Å². The zero-order chi connectivity index (χ0) is 11.3. The largest absolute Gasteiger partial charge is 0.466 e. The molecular weight excluding hydrogens is 190 g/mol. The van der Waals surface area contributed by atoms with Crippen molar-refractivity contribution in [2.45, 2.75) is 58.5 Å². The maximum atomic E-state index is 11.7. The number of carbonyl (C=O) groups excluding carboxylic acids is 1. The topological polar surface area (TPSA) is 38.3 Å². The number of hydrogen-bond acceptors (Lipinski definition) is 3. The summed E-state index contributed by atoms with van der Waals surface area (Å²) in [5.74, 6) is 0.0523. The van der Waals surface area contributed by atoms with Gasteiger partial charge in [0.25, 0.3) is 0 Å². The molecule has 0 aliphatic heterocycles. The number of ether oxygens (including phenoxy) is 1. The van der Waals surface area contributed by atoms with Crippen molar-refractivity contribution in [2.24, 2.45) is 5.92 Å². The van der Waals surface area contributed by atoms with Gasteiger partial charge in [-0.2, -0.15) is 0 Å². The lowest BCUT2D eigenvalue weighted by Crippen LogP contribution is -2.45. The molecule has 0 radical (unpaired) electrons. The molecule has 0 aromatic heterocycles. The summed E-state index contributed by atoms with van der Waals surface area (Å²) < 4.78 is 5.11. The number of carbonyl (C=O) groups is 1. The lowest BCUT2D eigenvalue weighted by molar-refractivity contribution is -0.150. The fraction of sp³-hybridized carbons (Fsp3) is 0.917. The van der Waals surface area contributed by atoms with Crippen LogP contribution in [0.5, 0.6) is 0 Å². The van der Waals surface area contributed by atoms with Crippen molar-refractivity contribution in [1.29, 1.82) is 0 Å². The van der Waals surface area contributed by atoms with Crippen LogP contribution in [0.1, 0.15) is 46.5 Å². The molecule has 1 aliphatic rings. The van der Waals surface area contributed by atoms with Gasteiger partial charge in [-0.25, -0.2) is 0 Å². The average molecular weight is 213 g/mol. The Balaban J connectivity index is 2.52. The molecule has 1 N–H and O–H groups in total. The summed E-state index contributed by atoms with van der Waals surface area (Å²) in [5, 5.41) is 3.47. The molecule has 1 fully saturated rings. The van der Waals surface area contributed by atoms with E-state index in [1.165, 1.54) is 6.42 Å². The fourth-order valence-corrected chi connectivity index (χ4v) is 2.29. The highest BCUT2D eigenvalue weighted by Gasteiger charge is 2.31. The van der Waals surface area contributed by atoms with E-state index in [0.717, 1.165) is 19.3 Å². The van der Waals surface area contributed by atoms with Crippen LogP contribution in [0, 0.1) is 5.92 Å². The molecule has 3 heteroatoms. The molecule has 15 heavy (non-hydrogen) atoms. The molecule has 0 saturated heterocycles. The van der Waals surface area contributed by atoms with E-state index >= 15 is 0 Å². The van der Waals surface area contributed by atoms with E-state index < -0.39 is 0 Å². The zero-order valence-corrected chi connectivity index (χ0v) is 10.1. The first-order valence-corrected chi connectivity index (χ1v) is 6.07. The standard InChI is InChI=1S/C12H23NO2/c1-4-15-12(14)10-7-5-6-8-11(10)13-9(2)3/h9-11,13H,4-8H2,1-3H3/t10-,11+/m1/s1. The monoisotopic (exact) mass is 213 g/mol. The van der Waals surface area contributed by atoms with Crippen LogP contribution in [0.3, 0.4) is 0 Å². The van der Waals surface area contributed by atoms with E-state index in [4.69, 9.17) is 4.74 Å². The summed E-state index contributed by atoms with van der Waals surface area (Å²) >= 11 is 0. The summed E-state index contributed by atoms with van der Waals surface area (Å²) in [6.45, 7) is 6.60. The van der Waals surface area contributed by atoms with Crippen LogP contribution in [0.25, 0.3) is 0 Å². The molecule has 0 heterocycles. The highest BCUT2D eigenvalue weighted by Crippen LogP contribution is 2.25. The van der Waals surface area contributed by atoms with E-state index in [1.807, 2.05) is 6.92 Å². The minimum atomic E-state index is -0.0182. The molecule has 1 saturated carbocycles. The summed E-state index contributed by atoms with van der Waals surface area (Å²) in [7, 11) is 0. The first kappa shape index (κ1) is 12.5. The van der Waals surface area contributed by atoms with E-state index in [9.17, 15) is 4.79 Å². The molecule has 0 unspecified atom stereocenters. The second-order valence-corrected chi connectivity index (χ2v) is 4.57. The van der Waals surface area contributed by atoms with Crippen molar-refractivity contribution in [1.82, 2.24) is 5.32 Å². The molecule has 0 aromatic rings. The second-order valence-electron chi connectivity index (χ2n) is 4.57. The van der Waals surface area contributed by atoms with Gasteiger partial charge in [0.15, 0.2) is 0 Å². The summed E-state index contributed by atoms with van der Waals surface area (Å²) in [4.78, 5) is 11.7.